The van der Waals surface area contributed by atoms with Crippen molar-refractivity contribution in [3.8, 4) is 0 Å². The smallest absolute Gasteiger partial charge is 0.0960 e. The van der Waals surface area contributed by atoms with E-state index in [0.29, 0.717) is 6.42 Å². The van der Waals surface area contributed by atoms with Crippen LogP contribution in [-0.4, -0.2) is 22.8 Å². The van der Waals surface area contributed by atoms with E-state index >= 15 is 0 Å². The molecule has 1 aromatic rings. The van der Waals surface area contributed by atoms with Gasteiger partial charge < -0.3 is 9.84 Å². The Hall–Kier alpha value is -0.930. The fourth-order valence-electron chi connectivity index (χ4n) is 1.48. The fourth-order valence-corrected chi connectivity index (χ4v) is 1.48. The number of methoxy groups -OCH3 is 1. The molecule has 1 rings (SSSR count). The molecule has 0 aliphatic heterocycles. The Bertz CT molecular complexity index is 336. The lowest BCUT2D eigenvalue weighted by atomic mass is 9.98. The van der Waals surface area contributed by atoms with E-state index in [9.17, 15) is 5.11 Å². The molecular weight excluding hydrogens is 202 g/mol. The minimum atomic E-state index is -0.505. The molecule has 1 unspecified atom stereocenters. The highest BCUT2D eigenvalue weighted by atomic mass is 16.5. The van der Waals surface area contributed by atoms with E-state index in [1.165, 1.54) is 0 Å². The van der Waals surface area contributed by atoms with Gasteiger partial charge in [0.25, 0.3) is 0 Å². The maximum Gasteiger partial charge on any atom is 0.0960 e. The Kier molecular flexibility index (Phi) is 4.44. The molecule has 1 N–H and O–H groups in total. The van der Waals surface area contributed by atoms with Gasteiger partial charge in [0.05, 0.1) is 17.4 Å². The van der Waals surface area contributed by atoms with Crippen molar-refractivity contribution in [2.24, 2.45) is 0 Å². The molecular formula is C13H21NO2. The molecule has 90 valence electrons. The summed E-state index contributed by atoms with van der Waals surface area (Å²) in [4.78, 5) is 4.31. The standard InChI is InChI=1S/C13H21NO2/c1-10-6-5-7-11(14-10)12(15)8-9-13(2,3)16-4/h5-7,12,15H,8-9H2,1-4H3. The second-order valence-corrected chi connectivity index (χ2v) is 4.72. The number of pyridine rings is 1. The maximum atomic E-state index is 9.99. The van der Waals surface area contributed by atoms with E-state index < -0.39 is 6.10 Å². The van der Waals surface area contributed by atoms with Crippen LogP contribution in [0.25, 0.3) is 0 Å². The van der Waals surface area contributed by atoms with Gasteiger partial charge in [-0.3, -0.25) is 4.98 Å². The number of aliphatic hydroxyl groups excluding tert-OH is 1. The minimum Gasteiger partial charge on any atom is -0.387 e. The first-order valence-corrected chi connectivity index (χ1v) is 5.61. The number of rotatable bonds is 5. The lowest BCUT2D eigenvalue weighted by Crippen LogP contribution is -2.23. The van der Waals surface area contributed by atoms with Crippen molar-refractivity contribution < 1.29 is 9.84 Å². The van der Waals surface area contributed by atoms with Gasteiger partial charge in [-0.15, -0.1) is 0 Å². The summed E-state index contributed by atoms with van der Waals surface area (Å²) < 4.78 is 5.32. The second kappa shape index (κ2) is 5.41. The monoisotopic (exact) mass is 223 g/mol. The van der Waals surface area contributed by atoms with Crippen LogP contribution in [0.4, 0.5) is 0 Å². The van der Waals surface area contributed by atoms with E-state index in [4.69, 9.17) is 4.74 Å². The Balaban J connectivity index is 2.56. The van der Waals surface area contributed by atoms with Crippen LogP contribution in [0.2, 0.25) is 0 Å². The van der Waals surface area contributed by atoms with E-state index in [2.05, 4.69) is 4.98 Å². The normalized spacial score (nSPS) is 13.8. The van der Waals surface area contributed by atoms with Gasteiger partial charge in [-0.05, 0) is 45.7 Å². The molecule has 1 aromatic heterocycles. The topological polar surface area (TPSA) is 42.4 Å². The summed E-state index contributed by atoms with van der Waals surface area (Å²) in [6.45, 7) is 5.96. The first-order valence-electron chi connectivity index (χ1n) is 5.61. The number of aryl methyl sites for hydroxylation is 1. The molecule has 0 spiro atoms. The molecule has 0 saturated carbocycles. The maximum absolute atomic E-state index is 9.99. The lowest BCUT2D eigenvalue weighted by molar-refractivity contribution is 0.00241. The molecule has 0 amide bonds. The van der Waals surface area contributed by atoms with Crippen LogP contribution < -0.4 is 0 Å². The summed E-state index contributed by atoms with van der Waals surface area (Å²) in [5, 5.41) is 9.99. The van der Waals surface area contributed by atoms with Crippen molar-refractivity contribution in [2.45, 2.75) is 45.3 Å². The quantitative estimate of drug-likeness (QED) is 0.834. The zero-order valence-electron chi connectivity index (χ0n) is 10.5. The van der Waals surface area contributed by atoms with Crippen molar-refractivity contribution in [2.75, 3.05) is 7.11 Å². The first kappa shape index (κ1) is 13.1. The van der Waals surface area contributed by atoms with E-state index in [0.717, 1.165) is 17.8 Å². The molecule has 0 aromatic carbocycles. The zero-order chi connectivity index (χ0) is 12.2. The Morgan fingerprint density at radius 3 is 2.69 bits per heavy atom. The number of hydrogen-bond donors (Lipinski definition) is 1. The van der Waals surface area contributed by atoms with E-state index in [1.54, 1.807) is 7.11 Å². The summed E-state index contributed by atoms with van der Waals surface area (Å²) >= 11 is 0. The van der Waals surface area contributed by atoms with Crippen LogP contribution in [-0.2, 0) is 4.74 Å². The van der Waals surface area contributed by atoms with Crippen molar-refractivity contribution in [3.05, 3.63) is 29.6 Å². The number of aliphatic hydroxyl groups is 1. The molecule has 16 heavy (non-hydrogen) atoms. The Morgan fingerprint density at radius 2 is 2.12 bits per heavy atom. The van der Waals surface area contributed by atoms with E-state index in [1.807, 2.05) is 39.0 Å². The van der Waals surface area contributed by atoms with Crippen LogP contribution in [0.1, 0.15) is 44.2 Å². The molecule has 0 aliphatic carbocycles. The highest BCUT2D eigenvalue weighted by molar-refractivity contribution is 5.12. The number of hydrogen-bond acceptors (Lipinski definition) is 3. The molecule has 3 nitrogen and oxygen atoms in total. The lowest BCUT2D eigenvalue weighted by Gasteiger charge is -2.24. The SMILES string of the molecule is COC(C)(C)CCC(O)c1cccc(C)n1. The van der Waals surface area contributed by atoms with Crippen molar-refractivity contribution in [3.63, 3.8) is 0 Å². The van der Waals surface area contributed by atoms with Gasteiger partial charge in [-0.1, -0.05) is 6.07 Å². The average molecular weight is 223 g/mol. The van der Waals surface area contributed by atoms with Gasteiger partial charge >= 0.3 is 0 Å². The molecule has 0 radical (unpaired) electrons. The van der Waals surface area contributed by atoms with Gasteiger partial charge in [-0.2, -0.15) is 0 Å². The largest absolute Gasteiger partial charge is 0.387 e. The molecule has 0 bridgehead atoms. The molecule has 0 fully saturated rings. The molecule has 1 atom stereocenters. The third-order valence-electron chi connectivity index (χ3n) is 2.82. The summed E-state index contributed by atoms with van der Waals surface area (Å²) in [5.41, 5.74) is 1.49. The average Bonchev–Trinajstić information content (AvgIpc) is 2.26. The van der Waals surface area contributed by atoms with Gasteiger partial charge in [0.1, 0.15) is 0 Å². The fraction of sp³-hybridized carbons (Fsp3) is 0.615. The van der Waals surface area contributed by atoms with Gasteiger partial charge in [0.2, 0.25) is 0 Å². The Labute approximate surface area is 97.5 Å². The first-order chi connectivity index (χ1) is 7.44. The molecule has 3 heteroatoms. The number of aromatic nitrogens is 1. The van der Waals surface area contributed by atoms with Crippen LogP contribution >= 0.6 is 0 Å². The molecule has 0 aliphatic rings. The number of ether oxygens (including phenoxy) is 1. The molecule has 0 saturated heterocycles. The van der Waals surface area contributed by atoms with Crippen molar-refractivity contribution in [1.82, 2.24) is 4.98 Å². The van der Waals surface area contributed by atoms with Crippen LogP contribution in [0.15, 0.2) is 18.2 Å². The van der Waals surface area contributed by atoms with Gasteiger partial charge in [0, 0.05) is 12.8 Å². The zero-order valence-corrected chi connectivity index (χ0v) is 10.5. The minimum absolute atomic E-state index is 0.190. The third kappa shape index (κ3) is 3.91. The molecule has 1 heterocycles. The third-order valence-corrected chi connectivity index (χ3v) is 2.82. The van der Waals surface area contributed by atoms with Gasteiger partial charge in [0.15, 0.2) is 0 Å². The summed E-state index contributed by atoms with van der Waals surface area (Å²) in [6, 6.07) is 5.70. The van der Waals surface area contributed by atoms with Crippen LogP contribution in [0.5, 0.6) is 0 Å². The summed E-state index contributed by atoms with van der Waals surface area (Å²) in [7, 11) is 1.69. The second-order valence-electron chi connectivity index (χ2n) is 4.72. The number of nitrogens with zero attached hydrogens (tertiary/aromatic N) is 1. The highest BCUT2D eigenvalue weighted by Crippen LogP contribution is 2.23. The highest BCUT2D eigenvalue weighted by Gasteiger charge is 2.19. The van der Waals surface area contributed by atoms with E-state index in [-0.39, 0.29) is 5.60 Å². The summed E-state index contributed by atoms with van der Waals surface area (Å²) in [5.74, 6) is 0. The van der Waals surface area contributed by atoms with Crippen LogP contribution in [0, 0.1) is 6.92 Å². The van der Waals surface area contributed by atoms with Crippen molar-refractivity contribution in [1.29, 1.82) is 0 Å². The van der Waals surface area contributed by atoms with Crippen molar-refractivity contribution >= 4 is 0 Å². The predicted octanol–water partition coefficient (Wildman–Crippen LogP) is 2.63. The van der Waals surface area contributed by atoms with Gasteiger partial charge in [-0.25, -0.2) is 0 Å². The van der Waals surface area contributed by atoms with Crippen LogP contribution in [0.3, 0.4) is 0 Å². The Morgan fingerprint density at radius 1 is 1.44 bits per heavy atom. The predicted molar refractivity (Wildman–Crippen MR) is 64.3 cm³/mol. The summed E-state index contributed by atoms with van der Waals surface area (Å²) in [6.07, 6.45) is 0.965.